The Balaban J connectivity index is 1.65. The molecule has 2 aromatic carbocycles. The lowest BCUT2D eigenvalue weighted by Crippen LogP contribution is -2.31. The minimum atomic E-state index is -0.0824. The van der Waals surface area contributed by atoms with Crippen molar-refractivity contribution in [2.75, 3.05) is 34.4 Å². The van der Waals surface area contributed by atoms with E-state index in [0.29, 0.717) is 24.4 Å². The Morgan fingerprint density at radius 2 is 1.61 bits per heavy atom. The maximum absolute atomic E-state index is 12.8. The number of aromatic nitrogens is 1. The molecule has 1 heterocycles. The summed E-state index contributed by atoms with van der Waals surface area (Å²) in [5.74, 6) is 2.17. The number of likely N-dealkylation sites (N-methyl/N-ethyl adjacent to an activating group) is 1. The highest BCUT2D eigenvalue weighted by molar-refractivity contribution is 5.98. The molecule has 28 heavy (non-hydrogen) atoms. The molecule has 0 spiro atoms. The van der Waals surface area contributed by atoms with Crippen LogP contribution in [0, 0.1) is 6.92 Å². The van der Waals surface area contributed by atoms with Gasteiger partial charge in [-0.15, -0.1) is 0 Å². The van der Waals surface area contributed by atoms with E-state index in [9.17, 15) is 4.79 Å². The maximum Gasteiger partial charge on any atom is 0.255 e. The van der Waals surface area contributed by atoms with Gasteiger partial charge >= 0.3 is 0 Å². The van der Waals surface area contributed by atoms with E-state index < -0.39 is 0 Å². The summed E-state index contributed by atoms with van der Waals surface area (Å²) in [4.78, 5) is 19.1. The number of carbonyl (C=O) groups is 1. The van der Waals surface area contributed by atoms with Crippen LogP contribution in [0.4, 0.5) is 0 Å². The van der Waals surface area contributed by atoms with Crippen molar-refractivity contribution in [2.24, 2.45) is 0 Å². The third-order valence-corrected chi connectivity index (χ3v) is 4.55. The summed E-state index contributed by atoms with van der Waals surface area (Å²) in [6, 6.07) is 14.9. The van der Waals surface area contributed by atoms with E-state index in [1.54, 1.807) is 26.2 Å². The van der Waals surface area contributed by atoms with E-state index in [0.717, 1.165) is 28.2 Å². The number of pyridine rings is 1. The first kappa shape index (κ1) is 19.5. The van der Waals surface area contributed by atoms with E-state index in [4.69, 9.17) is 14.2 Å². The molecule has 6 nitrogen and oxygen atoms in total. The summed E-state index contributed by atoms with van der Waals surface area (Å²) < 4.78 is 16.1. The molecule has 3 rings (SSSR count). The van der Waals surface area contributed by atoms with Crippen LogP contribution in [0.2, 0.25) is 0 Å². The number of fused-ring (bicyclic) bond motifs is 1. The zero-order valence-corrected chi connectivity index (χ0v) is 16.6. The lowest BCUT2D eigenvalue weighted by atomic mass is 10.1. The molecule has 0 aliphatic heterocycles. The van der Waals surface area contributed by atoms with E-state index in [1.165, 1.54) is 0 Å². The molecule has 0 atom stereocenters. The van der Waals surface area contributed by atoms with Crippen LogP contribution in [0.15, 0.2) is 48.5 Å². The standard InChI is InChI=1S/C22H24N2O4/c1-15-20(13-16-5-6-19(27-4)14-21(16)23-15)22(25)24(2)11-12-28-18-9-7-17(26-3)8-10-18/h5-10,13-14H,11-12H2,1-4H3. The van der Waals surface area contributed by atoms with Crippen molar-refractivity contribution < 1.29 is 19.0 Å². The fraction of sp³-hybridized carbons (Fsp3) is 0.273. The first-order valence-electron chi connectivity index (χ1n) is 8.99. The summed E-state index contributed by atoms with van der Waals surface area (Å²) in [6.07, 6.45) is 0. The Morgan fingerprint density at radius 3 is 2.29 bits per heavy atom. The Labute approximate surface area is 164 Å². The molecular weight excluding hydrogens is 356 g/mol. The molecule has 1 amide bonds. The summed E-state index contributed by atoms with van der Waals surface area (Å²) in [5.41, 5.74) is 2.08. The van der Waals surface area contributed by atoms with Gasteiger partial charge in [-0.25, -0.2) is 0 Å². The van der Waals surface area contributed by atoms with E-state index in [2.05, 4.69) is 4.98 Å². The van der Waals surface area contributed by atoms with Crippen LogP contribution in [0.5, 0.6) is 17.2 Å². The number of ether oxygens (including phenoxy) is 3. The molecule has 0 N–H and O–H groups in total. The largest absolute Gasteiger partial charge is 0.497 e. The normalized spacial score (nSPS) is 10.6. The van der Waals surface area contributed by atoms with Crippen LogP contribution in [-0.4, -0.2) is 50.2 Å². The first-order chi connectivity index (χ1) is 13.5. The second-order valence-corrected chi connectivity index (χ2v) is 6.43. The fourth-order valence-electron chi connectivity index (χ4n) is 2.87. The fourth-order valence-corrected chi connectivity index (χ4v) is 2.87. The van der Waals surface area contributed by atoms with Gasteiger partial charge in [0.05, 0.1) is 37.5 Å². The smallest absolute Gasteiger partial charge is 0.255 e. The van der Waals surface area contributed by atoms with Crippen molar-refractivity contribution in [1.82, 2.24) is 9.88 Å². The summed E-state index contributed by atoms with van der Waals surface area (Å²) in [5, 5.41) is 0.901. The molecule has 0 saturated heterocycles. The molecule has 0 aliphatic carbocycles. The maximum atomic E-state index is 12.8. The van der Waals surface area contributed by atoms with Crippen molar-refractivity contribution in [3.05, 3.63) is 59.8 Å². The van der Waals surface area contributed by atoms with Gasteiger partial charge in [-0.3, -0.25) is 9.78 Å². The Hall–Kier alpha value is -3.28. The first-order valence-corrected chi connectivity index (χ1v) is 8.99. The minimum absolute atomic E-state index is 0.0824. The number of nitrogens with zero attached hydrogens (tertiary/aromatic N) is 2. The molecule has 6 heteroatoms. The molecule has 146 valence electrons. The van der Waals surface area contributed by atoms with E-state index >= 15 is 0 Å². The number of aryl methyl sites for hydroxylation is 1. The van der Waals surface area contributed by atoms with Gasteiger partial charge in [0, 0.05) is 18.5 Å². The number of hydrogen-bond acceptors (Lipinski definition) is 5. The van der Waals surface area contributed by atoms with Crippen LogP contribution in [-0.2, 0) is 0 Å². The monoisotopic (exact) mass is 380 g/mol. The number of rotatable bonds is 7. The molecule has 0 fully saturated rings. The zero-order valence-electron chi connectivity index (χ0n) is 16.6. The Kier molecular flexibility index (Phi) is 5.99. The second-order valence-electron chi connectivity index (χ2n) is 6.43. The van der Waals surface area contributed by atoms with Crippen molar-refractivity contribution in [3.63, 3.8) is 0 Å². The number of hydrogen-bond donors (Lipinski definition) is 0. The number of benzene rings is 2. The Morgan fingerprint density at radius 1 is 0.964 bits per heavy atom. The molecule has 0 unspecified atom stereocenters. The van der Waals surface area contributed by atoms with Gasteiger partial charge in [-0.1, -0.05) is 0 Å². The van der Waals surface area contributed by atoms with E-state index in [1.807, 2.05) is 55.5 Å². The molecule has 0 saturated carbocycles. The predicted molar refractivity (Wildman–Crippen MR) is 108 cm³/mol. The number of methoxy groups -OCH3 is 2. The highest BCUT2D eigenvalue weighted by Crippen LogP contribution is 2.22. The summed E-state index contributed by atoms with van der Waals surface area (Å²) in [6.45, 7) is 2.70. The predicted octanol–water partition coefficient (Wildman–Crippen LogP) is 3.71. The quantitative estimate of drug-likeness (QED) is 0.625. The van der Waals surface area contributed by atoms with Crippen molar-refractivity contribution in [2.45, 2.75) is 6.92 Å². The zero-order chi connectivity index (χ0) is 20.1. The van der Waals surface area contributed by atoms with Gasteiger partial charge in [0.2, 0.25) is 0 Å². The molecule has 3 aromatic rings. The van der Waals surface area contributed by atoms with E-state index in [-0.39, 0.29) is 5.91 Å². The molecule has 0 radical (unpaired) electrons. The van der Waals surface area contributed by atoms with Crippen LogP contribution in [0.3, 0.4) is 0 Å². The van der Waals surface area contributed by atoms with Gasteiger partial charge in [0.25, 0.3) is 5.91 Å². The van der Waals surface area contributed by atoms with Crippen molar-refractivity contribution >= 4 is 16.8 Å². The molecule has 0 bridgehead atoms. The van der Waals surface area contributed by atoms with Crippen LogP contribution >= 0.6 is 0 Å². The minimum Gasteiger partial charge on any atom is -0.497 e. The SMILES string of the molecule is COc1ccc(OCCN(C)C(=O)c2cc3ccc(OC)cc3nc2C)cc1. The molecular formula is C22H24N2O4. The van der Waals surface area contributed by atoms with Gasteiger partial charge < -0.3 is 19.1 Å². The summed E-state index contributed by atoms with van der Waals surface area (Å²) in [7, 11) is 5.00. The number of carbonyl (C=O) groups excluding carboxylic acids is 1. The highest BCUT2D eigenvalue weighted by atomic mass is 16.5. The third kappa shape index (κ3) is 4.34. The van der Waals surface area contributed by atoms with Gasteiger partial charge in [-0.2, -0.15) is 0 Å². The third-order valence-electron chi connectivity index (χ3n) is 4.55. The van der Waals surface area contributed by atoms with Gasteiger partial charge in [0.1, 0.15) is 23.9 Å². The lowest BCUT2D eigenvalue weighted by Gasteiger charge is -2.19. The Bertz CT molecular complexity index is 970. The topological polar surface area (TPSA) is 60.9 Å². The second kappa shape index (κ2) is 8.61. The van der Waals surface area contributed by atoms with Crippen molar-refractivity contribution in [3.8, 4) is 17.2 Å². The molecule has 0 aliphatic rings. The van der Waals surface area contributed by atoms with Crippen molar-refractivity contribution in [1.29, 1.82) is 0 Å². The summed E-state index contributed by atoms with van der Waals surface area (Å²) >= 11 is 0. The van der Waals surface area contributed by atoms with Gasteiger partial charge in [0.15, 0.2) is 0 Å². The van der Waals surface area contributed by atoms with Gasteiger partial charge in [-0.05, 0) is 49.4 Å². The van der Waals surface area contributed by atoms with Crippen LogP contribution in [0.1, 0.15) is 16.1 Å². The average Bonchev–Trinajstić information content (AvgIpc) is 2.72. The molecule has 1 aromatic heterocycles. The van der Waals surface area contributed by atoms with Crippen LogP contribution < -0.4 is 14.2 Å². The number of amides is 1. The average molecular weight is 380 g/mol. The lowest BCUT2D eigenvalue weighted by molar-refractivity contribution is 0.0773. The highest BCUT2D eigenvalue weighted by Gasteiger charge is 2.16. The van der Waals surface area contributed by atoms with Crippen LogP contribution in [0.25, 0.3) is 10.9 Å².